The molecule has 0 saturated heterocycles. The maximum atomic E-state index is 11.4. The molecule has 0 unspecified atom stereocenters. The van der Waals surface area contributed by atoms with Gasteiger partial charge in [-0.25, -0.2) is 4.68 Å². The van der Waals surface area contributed by atoms with Gasteiger partial charge in [0.2, 0.25) is 0 Å². The van der Waals surface area contributed by atoms with Gasteiger partial charge in [-0.1, -0.05) is 6.08 Å². The largest absolute Gasteiger partial charge is 0.451 e. The van der Waals surface area contributed by atoms with E-state index in [1.54, 1.807) is 0 Å². The molecular formula is C9H13N5O3. The lowest BCUT2D eigenvalue weighted by atomic mass is 10.3. The molecule has 0 fully saturated rings. The highest BCUT2D eigenvalue weighted by Crippen LogP contribution is 1.94. The Balaban J connectivity index is 2.35. The molecule has 1 atom stereocenters. The fourth-order valence-corrected chi connectivity index (χ4v) is 0.989. The molecule has 0 aliphatic heterocycles. The molecule has 0 aliphatic rings. The molecule has 0 aromatic carbocycles. The number of nitrogens with one attached hydrogen (secondary N) is 1. The zero-order chi connectivity index (χ0) is 12.7. The molecule has 1 heterocycles. The SMILES string of the molecule is C=CCNC(=O)[C@H](C)OC(=O)Cn1cnnn1. The van der Waals surface area contributed by atoms with Crippen LogP contribution in [0.25, 0.3) is 0 Å². The lowest BCUT2D eigenvalue weighted by Gasteiger charge is -2.12. The van der Waals surface area contributed by atoms with Crippen molar-refractivity contribution in [1.29, 1.82) is 0 Å². The number of aromatic nitrogens is 4. The van der Waals surface area contributed by atoms with Crippen molar-refractivity contribution >= 4 is 11.9 Å². The minimum Gasteiger partial charge on any atom is -0.451 e. The summed E-state index contributed by atoms with van der Waals surface area (Å²) in [7, 11) is 0. The Labute approximate surface area is 97.6 Å². The second-order valence-corrected chi connectivity index (χ2v) is 3.17. The van der Waals surface area contributed by atoms with Gasteiger partial charge in [-0.05, 0) is 17.4 Å². The standard InChI is InChI=1S/C9H13N5O3/c1-3-4-10-9(16)7(2)17-8(15)5-14-6-11-12-13-14/h3,6-7H,1,4-5H2,2H3,(H,10,16)/t7-/m0/s1. The summed E-state index contributed by atoms with van der Waals surface area (Å²) in [6.45, 7) is 5.13. The van der Waals surface area contributed by atoms with Crippen molar-refractivity contribution in [2.75, 3.05) is 6.54 Å². The van der Waals surface area contributed by atoms with Gasteiger partial charge in [0.15, 0.2) is 6.10 Å². The lowest BCUT2D eigenvalue weighted by Crippen LogP contribution is -2.36. The maximum absolute atomic E-state index is 11.4. The molecule has 0 aliphatic carbocycles. The summed E-state index contributed by atoms with van der Waals surface area (Å²) >= 11 is 0. The molecule has 0 radical (unpaired) electrons. The summed E-state index contributed by atoms with van der Waals surface area (Å²) in [5.41, 5.74) is 0. The molecule has 92 valence electrons. The maximum Gasteiger partial charge on any atom is 0.328 e. The van der Waals surface area contributed by atoms with Crippen molar-refractivity contribution in [1.82, 2.24) is 25.5 Å². The predicted octanol–water partition coefficient (Wildman–Crippen LogP) is -1.09. The van der Waals surface area contributed by atoms with E-state index in [0.717, 1.165) is 0 Å². The van der Waals surface area contributed by atoms with E-state index < -0.39 is 12.1 Å². The first kappa shape index (κ1) is 12.8. The highest BCUT2D eigenvalue weighted by Gasteiger charge is 2.17. The van der Waals surface area contributed by atoms with Crippen LogP contribution >= 0.6 is 0 Å². The van der Waals surface area contributed by atoms with Crippen LogP contribution < -0.4 is 5.32 Å². The zero-order valence-corrected chi connectivity index (χ0v) is 9.37. The molecule has 1 N–H and O–H groups in total. The van der Waals surface area contributed by atoms with Gasteiger partial charge in [0.05, 0.1) is 0 Å². The first-order valence-electron chi connectivity index (χ1n) is 4.92. The lowest BCUT2D eigenvalue weighted by molar-refractivity contribution is -0.155. The normalized spacial score (nSPS) is 11.6. The van der Waals surface area contributed by atoms with Crippen LogP contribution in [-0.4, -0.2) is 44.7 Å². The summed E-state index contributed by atoms with van der Waals surface area (Å²) in [5.74, 6) is -0.964. The minimum atomic E-state index is -0.862. The molecule has 1 aromatic rings. The Morgan fingerprint density at radius 3 is 3.00 bits per heavy atom. The van der Waals surface area contributed by atoms with Crippen LogP contribution in [-0.2, 0) is 20.9 Å². The highest BCUT2D eigenvalue weighted by atomic mass is 16.5. The van der Waals surface area contributed by atoms with Gasteiger partial charge in [0.1, 0.15) is 12.9 Å². The van der Waals surface area contributed by atoms with E-state index >= 15 is 0 Å². The Kier molecular flexibility index (Phi) is 4.79. The van der Waals surface area contributed by atoms with E-state index in [0.29, 0.717) is 6.54 Å². The summed E-state index contributed by atoms with van der Waals surface area (Å²) in [6, 6.07) is 0. The Morgan fingerprint density at radius 2 is 2.41 bits per heavy atom. The van der Waals surface area contributed by atoms with Crippen LogP contribution in [0, 0.1) is 0 Å². The summed E-state index contributed by atoms with van der Waals surface area (Å²) in [6.07, 6.45) is 1.95. The van der Waals surface area contributed by atoms with Crippen LogP contribution in [0.5, 0.6) is 0 Å². The first-order valence-corrected chi connectivity index (χ1v) is 4.92. The number of carbonyl (C=O) groups excluding carboxylic acids is 2. The Hall–Kier alpha value is -2.25. The van der Waals surface area contributed by atoms with Gasteiger partial charge in [0, 0.05) is 6.54 Å². The third-order valence-electron chi connectivity index (χ3n) is 1.78. The van der Waals surface area contributed by atoms with E-state index in [1.807, 2.05) is 0 Å². The number of hydrogen-bond acceptors (Lipinski definition) is 6. The topological polar surface area (TPSA) is 99.0 Å². The molecule has 0 bridgehead atoms. The highest BCUT2D eigenvalue weighted by molar-refractivity contribution is 5.83. The van der Waals surface area contributed by atoms with E-state index in [1.165, 1.54) is 24.0 Å². The molecule has 1 rings (SSSR count). The first-order chi connectivity index (χ1) is 8.13. The molecule has 0 saturated carbocycles. The van der Waals surface area contributed by atoms with E-state index in [-0.39, 0.29) is 12.5 Å². The quantitative estimate of drug-likeness (QED) is 0.500. The monoisotopic (exact) mass is 239 g/mol. The van der Waals surface area contributed by atoms with Gasteiger partial charge < -0.3 is 10.1 Å². The van der Waals surface area contributed by atoms with Crippen molar-refractivity contribution in [3.8, 4) is 0 Å². The van der Waals surface area contributed by atoms with Crippen LogP contribution in [0.15, 0.2) is 19.0 Å². The summed E-state index contributed by atoms with van der Waals surface area (Å²) in [5, 5.41) is 12.7. The molecule has 8 nitrogen and oxygen atoms in total. The van der Waals surface area contributed by atoms with Crippen molar-refractivity contribution in [3.05, 3.63) is 19.0 Å². The zero-order valence-electron chi connectivity index (χ0n) is 9.37. The smallest absolute Gasteiger partial charge is 0.328 e. The molecule has 1 aromatic heterocycles. The summed E-state index contributed by atoms with van der Waals surface area (Å²) < 4.78 is 6.09. The number of ether oxygens (including phenoxy) is 1. The number of hydrogen-bond donors (Lipinski definition) is 1. The van der Waals surface area contributed by atoms with Crippen LogP contribution in [0.3, 0.4) is 0 Å². The number of nitrogens with zero attached hydrogens (tertiary/aromatic N) is 4. The third-order valence-corrected chi connectivity index (χ3v) is 1.78. The van der Waals surface area contributed by atoms with Crippen molar-refractivity contribution in [3.63, 3.8) is 0 Å². The van der Waals surface area contributed by atoms with E-state index in [2.05, 4.69) is 27.4 Å². The number of rotatable bonds is 6. The van der Waals surface area contributed by atoms with Gasteiger partial charge in [-0.3, -0.25) is 9.59 Å². The van der Waals surface area contributed by atoms with Crippen molar-refractivity contribution in [2.24, 2.45) is 0 Å². The molecule has 17 heavy (non-hydrogen) atoms. The fraction of sp³-hybridized carbons (Fsp3) is 0.444. The van der Waals surface area contributed by atoms with Gasteiger partial charge in [-0.15, -0.1) is 11.7 Å². The van der Waals surface area contributed by atoms with Crippen molar-refractivity contribution in [2.45, 2.75) is 19.6 Å². The van der Waals surface area contributed by atoms with Crippen molar-refractivity contribution < 1.29 is 14.3 Å². The third kappa shape index (κ3) is 4.41. The Morgan fingerprint density at radius 1 is 1.65 bits per heavy atom. The number of amides is 1. The predicted molar refractivity (Wildman–Crippen MR) is 56.6 cm³/mol. The van der Waals surface area contributed by atoms with Gasteiger partial charge in [0.25, 0.3) is 5.91 Å². The molecular weight excluding hydrogens is 226 g/mol. The van der Waals surface area contributed by atoms with E-state index in [4.69, 9.17) is 4.74 Å². The Bertz CT molecular complexity index is 389. The van der Waals surface area contributed by atoms with Crippen LogP contribution in [0.1, 0.15) is 6.92 Å². The summed E-state index contributed by atoms with van der Waals surface area (Å²) in [4.78, 5) is 22.7. The number of esters is 1. The van der Waals surface area contributed by atoms with Gasteiger partial charge in [-0.2, -0.15) is 0 Å². The number of tetrazole rings is 1. The second kappa shape index (κ2) is 6.36. The molecule has 0 spiro atoms. The average Bonchev–Trinajstić information content (AvgIpc) is 2.78. The molecule has 8 heteroatoms. The number of carbonyl (C=O) groups is 2. The van der Waals surface area contributed by atoms with Gasteiger partial charge >= 0.3 is 5.97 Å². The minimum absolute atomic E-state index is 0.133. The fourth-order valence-electron chi connectivity index (χ4n) is 0.989. The van der Waals surface area contributed by atoms with E-state index in [9.17, 15) is 9.59 Å². The van der Waals surface area contributed by atoms with Crippen LogP contribution in [0.4, 0.5) is 0 Å². The second-order valence-electron chi connectivity index (χ2n) is 3.17. The average molecular weight is 239 g/mol. The van der Waals surface area contributed by atoms with Crippen LogP contribution in [0.2, 0.25) is 0 Å². The molecule has 1 amide bonds.